The second kappa shape index (κ2) is 4.63. The summed E-state index contributed by atoms with van der Waals surface area (Å²) >= 11 is 7.36. The fourth-order valence-electron chi connectivity index (χ4n) is 1.23. The largest absolute Gasteiger partial charge is 0.316 e. The molecule has 90 valence electrons. The zero-order valence-corrected chi connectivity index (χ0v) is 11.6. The molecule has 2 aromatic heterocycles. The Kier molecular flexibility index (Phi) is 3.35. The van der Waals surface area contributed by atoms with Crippen molar-refractivity contribution in [2.75, 3.05) is 5.32 Å². The van der Waals surface area contributed by atoms with Crippen molar-refractivity contribution in [2.45, 2.75) is 26.2 Å². The molecular formula is C12H14ClN3S. The molecule has 0 aliphatic carbocycles. The van der Waals surface area contributed by atoms with Gasteiger partial charge in [0.2, 0.25) is 0 Å². The van der Waals surface area contributed by atoms with Crippen molar-refractivity contribution >= 4 is 33.9 Å². The summed E-state index contributed by atoms with van der Waals surface area (Å²) in [4.78, 5) is 8.70. The van der Waals surface area contributed by atoms with E-state index in [4.69, 9.17) is 11.6 Å². The molecule has 5 heteroatoms. The van der Waals surface area contributed by atoms with E-state index in [1.54, 1.807) is 23.6 Å². The van der Waals surface area contributed by atoms with Crippen LogP contribution < -0.4 is 5.32 Å². The average molecular weight is 268 g/mol. The third kappa shape index (κ3) is 3.17. The Morgan fingerprint density at radius 3 is 2.59 bits per heavy atom. The lowest BCUT2D eigenvalue weighted by molar-refractivity contribution is 0.573. The number of hydrogen-bond donors (Lipinski definition) is 1. The zero-order chi connectivity index (χ0) is 12.5. The van der Waals surface area contributed by atoms with Gasteiger partial charge in [-0.2, -0.15) is 0 Å². The fraction of sp³-hybridized carbons (Fsp3) is 0.333. The van der Waals surface area contributed by atoms with Gasteiger partial charge in [0, 0.05) is 17.0 Å². The van der Waals surface area contributed by atoms with Crippen LogP contribution in [0.1, 0.15) is 26.5 Å². The summed E-state index contributed by atoms with van der Waals surface area (Å²) in [5.74, 6) is 0.754. The van der Waals surface area contributed by atoms with Crippen LogP contribution in [0.4, 0.5) is 10.9 Å². The van der Waals surface area contributed by atoms with Gasteiger partial charge in [-0.3, -0.25) is 0 Å². The van der Waals surface area contributed by atoms with Crippen molar-refractivity contribution in [3.8, 4) is 0 Å². The number of halogens is 1. The number of rotatable bonds is 2. The summed E-state index contributed by atoms with van der Waals surface area (Å²) < 4.78 is 0. The molecule has 2 heterocycles. The highest BCUT2D eigenvalue weighted by Gasteiger charge is 2.17. The van der Waals surface area contributed by atoms with Crippen molar-refractivity contribution in [3.63, 3.8) is 0 Å². The first kappa shape index (κ1) is 12.3. The standard InChI is InChI=1S/C12H14ClN3S/c1-12(2,3)9-7-17-11(15-9)16-10-5-4-8(13)6-14-10/h4-7H,1-3H3,(H,14,15,16). The molecular weight excluding hydrogens is 254 g/mol. The highest BCUT2D eigenvalue weighted by molar-refractivity contribution is 7.13. The molecule has 0 amide bonds. The van der Waals surface area contributed by atoms with Crippen molar-refractivity contribution < 1.29 is 0 Å². The van der Waals surface area contributed by atoms with Crippen LogP contribution in [0.3, 0.4) is 0 Å². The van der Waals surface area contributed by atoms with Crippen LogP contribution in [0.5, 0.6) is 0 Å². The van der Waals surface area contributed by atoms with Crippen LogP contribution in [0.2, 0.25) is 5.02 Å². The monoisotopic (exact) mass is 267 g/mol. The van der Waals surface area contributed by atoms with Crippen molar-refractivity contribution in [3.05, 3.63) is 34.4 Å². The lowest BCUT2D eigenvalue weighted by Crippen LogP contribution is -2.11. The van der Waals surface area contributed by atoms with E-state index in [2.05, 4.69) is 41.4 Å². The molecule has 2 rings (SSSR count). The number of thiazole rings is 1. The van der Waals surface area contributed by atoms with Crippen LogP contribution in [0.25, 0.3) is 0 Å². The molecule has 0 radical (unpaired) electrons. The molecule has 0 aliphatic rings. The number of nitrogens with one attached hydrogen (secondary N) is 1. The molecule has 0 fully saturated rings. The Bertz CT molecular complexity index is 499. The third-order valence-electron chi connectivity index (χ3n) is 2.23. The smallest absolute Gasteiger partial charge is 0.188 e. The number of hydrogen-bond acceptors (Lipinski definition) is 4. The first-order chi connectivity index (χ1) is 7.95. The maximum Gasteiger partial charge on any atom is 0.188 e. The maximum atomic E-state index is 5.78. The van der Waals surface area contributed by atoms with E-state index < -0.39 is 0 Å². The minimum atomic E-state index is 0.0733. The summed E-state index contributed by atoms with van der Waals surface area (Å²) in [5, 5.41) is 6.71. The van der Waals surface area contributed by atoms with Gasteiger partial charge in [-0.15, -0.1) is 11.3 Å². The predicted molar refractivity (Wildman–Crippen MR) is 73.3 cm³/mol. The first-order valence-electron chi connectivity index (χ1n) is 5.30. The van der Waals surface area contributed by atoms with Gasteiger partial charge >= 0.3 is 0 Å². The zero-order valence-electron chi connectivity index (χ0n) is 9.99. The molecule has 0 aromatic carbocycles. The van der Waals surface area contributed by atoms with Crippen molar-refractivity contribution in [2.24, 2.45) is 0 Å². The van der Waals surface area contributed by atoms with E-state index in [1.807, 2.05) is 6.07 Å². The Morgan fingerprint density at radius 1 is 1.29 bits per heavy atom. The van der Waals surface area contributed by atoms with E-state index >= 15 is 0 Å². The van der Waals surface area contributed by atoms with Crippen LogP contribution in [-0.2, 0) is 5.41 Å². The number of pyridine rings is 1. The fourth-order valence-corrected chi connectivity index (χ4v) is 2.29. The Balaban J connectivity index is 2.14. The molecule has 0 atom stereocenters. The second-order valence-corrected chi connectivity index (χ2v) is 6.07. The van der Waals surface area contributed by atoms with E-state index in [-0.39, 0.29) is 5.41 Å². The van der Waals surface area contributed by atoms with Gasteiger partial charge < -0.3 is 5.32 Å². The molecule has 17 heavy (non-hydrogen) atoms. The highest BCUT2D eigenvalue weighted by atomic mass is 35.5. The van der Waals surface area contributed by atoms with E-state index in [0.29, 0.717) is 5.02 Å². The molecule has 0 unspecified atom stereocenters. The van der Waals surface area contributed by atoms with Gasteiger partial charge in [0.15, 0.2) is 5.13 Å². The van der Waals surface area contributed by atoms with Crippen LogP contribution in [-0.4, -0.2) is 9.97 Å². The highest BCUT2D eigenvalue weighted by Crippen LogP contribution is 2.27. The summed E-state index contributed by atoms with van der Waals surface area (Å²) in [6, 6.07) is 3.63. The van der Waals surface area contributed by atoms with Crippen molar-refractivity contribution in [1.29, 1.82) is 0 Å². The molecule has 0 aliphatic heterocycles. The Labute approximate surface area is 110 Å². The SMILES string of the molecule is CC(C)(C)c1csc(Nc2ccc(Cl)cn2)n1. The predicted octanol–water partition coefficient (Wildman–Crippen LogP) is 4.23. The number of aromatic nitrogens is 2. The average Bonchev–Trinajstić information content (AvgIpc) is 2.69. The number of anilines is 2. The van der Waals surface area contributed by atoms with Crippen LogP contribution in [0, 0.1) is 0 Å². The lowest BCUT2D eigenvalue weighted by atomic mass is 9.93. The topological polar surface area (TPSA) is 37.8 Å². The molecule has 0 bridgehead atoms. The quantitative estimate of drug-likeness (QED) is 0.885. The third-order valence-corrected chi connectivity index (χ3v) is 3.22. The van der Waals surface area contributed by atoms with Gasteiger partial charge in [-0.1, -0.05) is 32.4 Å². The van der Waals surface area contributed by atoms with E-state index in [0.717, 1.165) is 16.6 Å². The Morgan fingerprint density at radius 2 is 2.06 bits per heavy atom. The number of nitrogens with zero attached hydrogens (tertiary/aromatic N) is 2. The molecule has 0 saturated carbocycles. The molecule has 3 nitrogen and oxygen atoms in total. The Hall–Kier alpha value is -1.13. The molecule has 2 aromatic rings. The van der Waals surface area contributed by atoms with Gasteiger partial charge in [0.05, 0.1) is 10.7 Å². The summed E-state index contributed by atoms with van der Waals surface area (Å²) in [7, 11) is 0. The van der Waals surface area contributed by atoms with Crippen molar-refractivity contribution in [1.82, 2.24) is 9.97 Å². The lowest BCUT2D eigenvalue weighted by Gasteiger charge is -2.14. The van der Waals surface area contributed by atoms with Gasteiger partial charge in [-0.05, 0) is 12.1 Å². The second-order valence-electron chi connectivity index (χ2n) is 4.77. The van der Waals surface area contributed by atoms with Gasteiger partial charge in [0.1, 0.15) is 5.82 Å². The molecule has 1 N–H and O–H groups in total. The minimum Gasteiger partial charge on any atom is -0.316 e. The normalized spacial score (nSPS) is 11.5. The summed E-state index contributed by atoms with van der Waals surface area (Å²) in [6.07, 6.45) is 1.61. The maximum absolute atomic E-state index is 5.78. The molecule has 0 spiro atoms. The molecule has 0 saturated heterocycles. The van der Waals surface area contributed by atoms with E-state index in [1.165, 1.54) is 0 Å². The summed E-state index contributed by atoms with van der Waals surface area (Å²) in [5.41, 5.74) is 1.16. The van der Waals surface area contributed by atoms with Crippen LogP contribution >= 0.6 is 22.9 Å². The van der Waals surface area contributed by atoms with E-state index in [9.17, 15) is 0 Å². The van der Waals surface area contributed by atoms with Crippen LogP contribution in [0.15, 0.2) is 23.7 Å². The summed E-state index contributed by atoms with van der Waals surface area (Å²) in [6.45, 7) is 6.44. The van der Waals surface area contributed by atoms with Gasteiger partial charge in [-0.25, -0.2) is 9.97 Å². The van der Waals surface area contributed by atoms with Gasteiger partial charge in [0.25, 0.3) is 0 Å². The first-order valence-corrected chi connectivity index (χ1v) is 6.55. The minimum absolute atomic E-state index is 0.0733.